The van der Waals surface area contributed by atoms with Crippen molar-refractivity contribution in [3.05, 3.63) is 41.9 Å². The highest BCUT2D eigenvalue weighted by atomic mass is 32.2. The fraction of sp³-hybridized carbons (Fsp3) is 0.524. The number of piperidine rings is 1. The van der Waals surface area contributed by atoms with Crippen LogP contribution in [0.15, 0.2) is 35.5 Å². The average molecular weight is 448 g/mol. The van der Waals surface area contributed by atoms with Crippen molar-refractivity contribution in [3.63, 3.8) is 0 Å². The summed E-state index contributed by atoms with van der Waals surface area (Å²) in [6.45, 7) is 6.01. The topological polar surface area (TPSA) is 108 Å². The normalized spacial score (nSPS) is 18.8. The number of hydrogen-bond acceptors (Lipinski definition) is 6. The molecule has 0 bridgehead atoms. The van der Waals surface area contributed by atoms with Crippen LogP contribution in [0.3, 0.4) is 0 Å². The Morgan fingerprint density at radius 2 is 1.97 bits per heavy atom. The van der Waals surface area contributed by atoms with Crippen LogP contribution in [0.25, 0.3) is 0 Å². The molecule has 9 nitrogen and oxygen atoms in total. The number of sulfonamides is 1. The number of nitrogens with zero attached hydrogens (tertiary/aromatic N) is 3. The Balaban J connectivity index is 1.33. The lowest BCUT2D eigenvalue weighted by atomic mass is 9.99. The number of carbonyl (C=O) groups excluding carboxylic acids is 1. The third-order valence-corrected chi connectivity index (χ3v) is 7.76. The van der Waals surface area contributed by atoms with Gasteiger partial charge in [-0.3, -0.25) is 4.79 Å². The van der Waals surface area contributed by atoms with E-state index in [0.29, 0.717) is 32.8 Å². The Hall–Kier alpha value is -2.43. The van der Waals surface area contributed by atoms with Crippen molar-refractivity contribution < 1.29 is 17.9 Å². The monoisotopic (exact) mass is 447 g/mol. The van der Waals surface area contributed by atoms with Gasteiger partial charge in [-0.15, -0.1) is 0 Å². The molecule has 0 aliphatic carbocycles. The molecule has 4 heterocycles. The second-order valence-electron chi connectivity index (χ2n) is 8.14. The largest absolute Gasteiger partial charge is 0.379 e. The number of pyridine rings is 1. The lowest BCUT2D eigenvalue weighted by Crippen LogP contribution is -2.40. The summed E-state index contributed by atoms with van der Waals surface area (Å²) >= 11 is 0. The van der Waals surface area contributed by atoms with Gasteiger partial charge in [0.05, 0.1) is 13.2 Å². The molecule has 1 amide bonds. The van der Waals surface area contributed by atoms with Crippen LogP contribution in [0.2, 0.25) is 0 Å². The van der Waals surface area contributed by atoms with Gasteiger partial charge in [0.2, 0.25) is 10.0 Å². The Kier molecular flexibility index (Phi) is 6.59. The van der Waals surface area contributed by atoms with Crippen LogP contribution in [0.5, 0.6) is 0 Å². The minimum absolute atomic E-state index is 0.0846. The van der Waals surface area contributed by atoms with Crippen LogP contribution in [0, 0.1) is 5.92 Å². The molecule has 0 unspecified atom stereocenters. The predicted octanol–water partition coefficient (Wildman–Crippen LogP) is 1.60. The van der Waals surface area contributed by atoms with Gasteiger partial charge in [-0.05, 0) is 36.5 Å². The Labute approximate surface area is 182 Å². The fourth-order valence-electron chi connectivity index (χ4n) is 3.81. The molecular weight excluding hydrogens is 418 g/mol. The van der Waals surface area contributed by atoms with Gasteiger partial charge in [0, 0.05) is 45.1 Å². The van der Waals surface area contributed by atoms with E-state index in [9.17, 15) is 13.2 Å². The molecule has 0 aromatic carbocycles. The van der Waals surface area contributed by atoms with E-state index in [2.05, 4.69) is 27.1 Å². The summed E-state index contributed by atoms with van der Waals surface area (Å²) < 4.78 is 32.0. The molecule has 10 heteroatoms. The van der Waals surface area contributed by atoms with Gasteiger partial charge in [0.1, 0.15) is 16.4 Å². The highest BCUT2D eigenvalue weighted by molar-refractivity contribution is 7.89. The molecule has 2 aromatic rings. The molecular formula is C21H29N5O4S. The lowest BCUT2D eigenvalue weighted by molar-refractivity contribution is 0.0730. The zero-order valence-corrected chi connectivity index (χ0v) is 18.5. The van der Waals surface area contributed by atoms with Crippen LogP contribution in [-0.4, -0.2) is 68.0 Å². The van der Waals surface area contributed by atoms with Crippen molar-refractivity contribution >= 4 is 21.7 Å². The van der Waals surface area contributed by atoms with Crippen molar-refractivity contribution in [2.45, 2.75) is 31.2 Å². The highest BCUT2D eigenvalue weighted by Crippen LogP contribution is 2.21. The minimum atomic E-state index is -3.63. The minimum Gasteiger partial charge on any atom is -0.379 e. The van der Waals surface area contributed by atoms with Gasteiger partial charge < -0.3 is 19.9 Å². The summed E-state index contributed by atoms with van der Waals surface area (Å²) in [5.41, 5.74) is 1.09. The number of hydrogen-bond donors (Lipinski definition) is 2. The van der Waals surface area contributed by atoms with Crippen LogP contribution < -0.4 is 10.2 Å². The Bertz CT molecular complexity index is 991. The van der Waals surface area contributed by atoms with Crippen LogP contribution in [0.1, 0.15) is 35.8 Å². The maximum Gasteiger partial charge on any atom is 0.268 e. The van der Waals surface area contributed by atoms with Gasteiger partial charge in [-0.1, -0.05) is 13.0 Å². The predicted molar refractivity (Wildman–Crippen MR) is 116 cm³/mol. The number of H-pyrrole nitrogens is 1. The van der Waals surface area contributed by atoms with E-state index < -0.39 is 10.0 Å². The second kappa shape index (κ2) is 9.37. The number of carbonyl (C=O) groups is 1. The number of ether oxygens (including phenoxy) is 1. The molecule has 2 saturated heterocycles. The molecule has 0 saturated carbocycles. The number of aromatic nitrogens is 2. The molecule has 2 fully saturated rings. The summed E-state index contributed by atoms with van der Waals surface area (Å²) in [5.74, 6) is 1.37. The zero-order chi connectivity index (χ0) is 21.8. The Morgan fingerprint density at radius 3 is 2.65 bits per heavy atom. The summed E-state index contributed by atoms with van der Waals surface area (Å²) in [5, 5.41) is 2.81. The first kappa shape index (κ1) is 21.8. The fourth-order valence-corrected chi connectivity index (χ4v) is 5.22. The number of aromatic amines is 1. The summed E-state index contributed by atoms with van der Waals surface area (Å²) in [6.07, 6.45) is 5.49. The van der Waals surface area contributed by atoms with Crippen molar-refractivity contribution in [1.29, 1.82) is 0 Å². The average Bonchev–Trinajstić information content (AvgIpc) is 3.30. The summed E-state index contributed by atoms with van der Waals surface area (Å²) in [7, 11) is -3.63. The van der Waals surface area contributed by atoms with Crippen molar-refractivity contribution in [3.8, 4) is 0 Å². The van der Waals surface area contributed by atoms with Crippen LogP contribution in [0.4, 0.5) is 5.82 Å². The second-order valence-corrected chi connectivity index (χ2v) is 10.1. The molecule has 0 radical (unpaired) electrons. The molecule has 31 heavy (non-hydrogen) atoms. The SMILES string of the molecule is CC1CCN(c2ccc(CNC(=O)c3cc(S(=O)(=O)N4CCOCC4)c[nH]3)cn2)CC1. The Morgan fingerprint density at radius 1 is 1.23 bits per heavy atom. The van der Waals surface area contributed by atoms with Crippen LogP contribution in [-0.2, 0) is 21.3 Å². The van der Waals surface area contributed by atoms with Gasteiger partial charge in [0.25, 0.3) is 5.91 Å². The lowest BCUT2D eigenvalue weighted by Gasteiger charge is -2.31. The van der Waals surface area contributed by atoms with E-state index in [1.807, 2.05) is 12.1 Å². The number of anilines is 1. The number of morpholine rings is 1. The van der Waals surface area contributed by atoms with E-state index in [0.717, 1.165) is 30.4 Å². The van der Waals surface area contributed by atoms with Crippen molar-refractivity contribution in [2.24, 2.45) is 5.92 Å². The maximum atomic E-state index is 12.7. The number of rotatable bonds is 6. The molecule has 2 aliphatic rings. The van der Waals surface area contributed by atoms with E-state index in [-0.39, 0.29) is 16.5 Å². The van der Waals surface area contributed by atoms with E-state index in [4.69, 9.17) is 4.74 Å². The number of nitrogens with one attached hydrogen (secondary N) is 2. The van der Waals surface area contributed by atoms with E-state index in [1.165, 1.54) is 29.4 Å². The quantitative estimate of drug-likeness (QED) is 0.696. The van der Waals surface area contributed by atoms with Gasteiger partial charge in [-0.2, -0.15) is 4.31 Å². The maximum absolute atomic E-state index is 12.7. The van der Waals surface area contributed by atoms with E-state index >= 15 is 0 Å². The standard InChI is InChI=1S/C21H29N5O4S/c1-16-4-6-25(7-5-16)20-3-2-17(13-23-20)14-24-21(27)19-12-18(15-22-19)31(28,29)26-8-10-30-11-9-26/h2-3,12-13,15-16,22H,4-11,14H2,1H3,(H,24,27). The van der Waals surface area contributed by atoms with Crippen LogP contribution >= 0.6 is 0 Å². The first-order valence-electron chi connectivity index (χ1n) is 10.7. The van der Waals surface area contributed by atoms with E-state index in [1.54, 1.807) is 6.20 Å². The van der Waals surface area contributed by atoms with Gasteiger partial charge in [0.15, 0.2) is 0 Å². The molecule has 0 atom stereocenters. The van der Waals surface area contributed by atoms with Crippen molar-refractivity contribution in [2.75, 3.05) is 44.3 Å². The molecule has 0 spiro atoms. The third-order valence-electron chi connectivity index (χ3n) is 5.88. The third kappa shape index (κ3) is 5.08. The highest BCUT2D eigenvalue weighted by Gasteiger charge is 2.28. The number of amides is 1. The van der Waals surface area contributed by atoms with Gasteiger partial charge in [-0.25, -0.2) is 13.4 Å². The summed E-state index contributed by atoms with van der Waals surface area (Å²) in [4.78, 5) is 22.2. The molecule has 2 aromatic heterocycles. The van der Waals surface area contributed by atoms with Crippen molar-refractivity contribution in [1.82, 2.24) is 19.6 Å². The van der Waals surface area contributed by atoms with Gasteiger partial charge >= 0.3 is 0 Å². The molecule has 4 rings (SSSR count). The molecule has 2 N–H and O–H groups in total. The summed E-state index contributed by atoms with van der Waals surface area (Å²) in [6, 6.07) is 5.32. The zero-order valence-electron chi connectivity index (χ0n) is 17.7. The first-order valence-corrected chi connectivity index (χ1v) is 12.1. The smallest absolute Gasteiger partial charge is 0.268 e. The molecule has 168 valence electrons. The molecule has 2 aliphatic heterocycles. The first-order chi connectivity index (χ1) is 14.9.